The minimum absolute atomic E-state index is 0.0715. The van der Waals surface area contributed by atoms with E-state index in [1.165, 1.54) is 12.8 Å². The smallest absolute Gasteiger partial charge is 0.226 e. The van der Waals surface area contributed by atoms with Crippen LogP contribution < -0.4 is 5.32 Å². The second-order valence-corrected chi connectivity index (χ2v) is 7.39. The quantitative estimate of drug-likeness (QED) is 0.899. The fraction of sp³-hybridized carbons (Fsp3) is 0.733. The lowest BCUT2D eigenvalue weighted by Gasteiger charge is -2.13. The molecule has 1 N–H and O–H groups in total. The zero-order valence-corrected chi connectivity index (χ0v) is 13.1. The van der Waals surface area contributed by atoms with Crippen molar-refractivity contribution in [2.45, 2.75) is 64.8 Å². The van der Waals surface area contributed by atoms with E-state index in [2.05, 4.69) is 38.0 Å². The normalized spacial score (nSPS) is 22.3. The molecule has 0 saturated heterocycles. The van der Waals surface area contributed by atoms with E-state index in [0.717, 1.165) is 23.0 Å². The van der Waals surface area contributed by atoms with Crippen LogP contribution in [-0.2, 0) is 16.6 Å². The summed E-state index contributed by atoms with van der Waals surface area (Å²) in [6, 6.07) is 0.424. The monoisotopic (exact) mass is 280 g/mol. The number of hydrogen-bond acceptors (Lipinski definition) is 3. The van der Waals surface area contributed by atoms with Gasteiger partial charge in [0.05, 0.1) is 17.1 Å². The molecule has 0 radical (unpaired) electrons. The maximum absolute atomic E-state index is 11.9. The number of carbonyl (C=O) groups is 1. The Kier molecular flexibility index (Phi) is 4.29. The Labute approximate surface area is 119 Å². The molecule has 2 atom stereocenters. The summed E-state index contributed by atoms with van der Waals surface area (Å²) in [6.45, 7) is 8.64. The predicted molar refractivity (Wildman–Crippen MR) is 79.5 cm³/mol. The van der Waals surface area contributed by atoms with Crippen LogP contribution in [0.5, 0.6) is 0 Å². The third-order valence-corrected chi connectivity index (χ3v) is 4.78. The zero-order valence-electron chi connectivity index (χ0n) is 12.3. The molecule has 0 unspecified atom stereocenters. The maximum Gasteiger partial charge on any atom is 0.226 e. The first kappa shape index (κ1) is 14.5. The molecule has 1 saturated carbocycles. The average Bonchev–Trinajstić information content (AvgIpc) is 2.84. The van der Waals surface area contributed by atoms with Crippen molar-refractivity contribution in [3.8, 4) is 0 Å². The van der Waals surface area contributed by atoms with Gasteiger partial charge in [-0.05, 0) is 18.8 Å². The van der Waals surface area contributed by atoms with Gasteiger partial charge < -0.3 is 5.32 Å². The summed E-state index contributed by atoms with van der Waals surface area (Å²) >= 11 is 1.65. The predicted octanol–water partition coefficient (Wildman–Crippen LogP) is 3.29. The molecule has 2 rings (SSSR count). The lowest BCUT2D eigenvalue weighted by Crippen LogP contribution is -2.28. The standard InChI is InChI=1S/C15H24N2OS/c1-5-6-10-7-12(10)17-13(18)8-11-9-19-14(16-11)15(2,3)4/h9-10,12H,5-8H2,1-4H3,(H,17,18)/t10-,12-/m0/s1. The van der Waals surface area contributed by atoms with Crippen LogP contribution in [0.4, 0.5) is 0 Å². The van der Waals surface area contributed by atoms with Gasteiger partial charge >= 0.3 is 0 Å². The summed E-state index contributed by atoms with van der Waals surface area (Å²) in [7, 11) is 0. The highest BCUT2D eigenvalue weighted by molar-refractivity contribution is 7.09. The summed E-state index contributed by atoms with van der Waals surface area (Å²) in [6.07, 6.45) is 4.01. The first-order valence-electron chi connectivity index (χ1n) is 7.14. The number of nitrogens with one attached hydrogen (secondary N) is 1. The van der Waals surface area contributed by atoms with Crippen LogP contribution in [0.15, 0.2) is 5.38 Å². The summed E-state index contributed by atoms with van der Waals surface area (Å²) in [5.74, 6) is 0.837. The Hall–Kier alpha value is -0.900. The van der Waals surface area contributed by atoms with Crippen molar-refractivity contribution in [2.24, 2.45) is 5.92 Å². The van der Waals surface area contributed by atoms with E-state index in [0.29, 0.717) is 12.5 Å². The van der Waals surface area contributed by atoms with Gasteiger partial charge in [-0.2, -0.15) is 0 Å². The van der Waals surface area contributed by atoms with E-state index in [-0.39, 0.29) is 11.3 Å². The van der Waals surface area contributed by atoms with Crippen molar-refractivity contribution < 1.29 is 4.79 Å². The number of amides is 1. The van der Waals surface area contributed by atoms with E-state index < -0.39 is 0 Å². The number of carbonyl (C=O) groups excluding carboxylic acids is 1. The first-order valence-corrected chi connectivity index (χ1v) is 8.02. The summed E-state index contributed by atoms with van der Waals surface area (Å²) in [5.41, 5.74) is 0.974. The second kappa shape index (κ2) is 5.61. The van der Waals surface area contributed by atoms with Crippen molar-refractivity contribution in [3.63, 3.8) is 0 Å². The molecule has 1 amide bonds. The third kappa shape index (κ3) is 4.03. The van der Waals surface area contributed by atoms with E-state index in [1.54, 1.807) is 11.3 Å². The average molecular weight is 280 g/mol. The van der Waals surface area contributed by atoms with Gasteiger partial charge in [0.2, 0.25) is 5.91 Å². The highest BCUT2D eigenvalue weighted by atomic mass is 32.1. The Morgan fingerprint density at radius 1 is 1.53 bits per heavy atom. The van der Waals surface area contributed by atoms with Crippen LogP contribution in [0, 0.1) is 5.92 Å². The van der Waals surface area contributed by atoms with Crippen LogP contribution in [-0.4, -0.2) is 16.9 Å². The highest BCUT2D eigenvalue weighted by Crippen LogP contribution is 2.34. The molecule has 0 aromatic carbocycles. The summed E-state index contributed by atoms with van der Waals surface area (Å²) < 4.78 is 0. The van der Waals surface area contributed by atoms with E-state index >= 15 is 0 Å². The molecule has 1 aliphatic rings. The highest BCUT2D eigenvalue weighted by Gasteiger charge is 2.37. The minimum atomic E-state index is 0.0715. The Morgan fingerprint density at radius 3 is 2.84 bits per heavy atom. The van der Waals surface area contributed by atoms with Gasteiger partial charge in [-0.25, -0.2) is 4.98 Å². The Morgan fingerprint density at radius 2 is 2.26 bits per heavy atom. The van der Waals surface area contributed by atoms with Gasteiger partial charge in [0.25, 0.3) is 0 Å². The van der Waals surface area contributed by atoms with Crippen LogP contribution in [0.25, 0.3) is 0 Å². The molecule has 1 aromatic heterocycles. The van der Waals surface area contributed by atoms with Crippen molar-refractivity contribution in [1.29, 1.82) is 0 Å². The lowest BCUT2D eigenvalue weighted by molar-refractivity contribution is -0.120. The van der Waals surface area contributed by atoms with Crippen LogP contribution in [0.3, 0.4) is 0 Å². The topological polar surface area (TPSA) is 42.0 Å². The fourth-order valence-electron chi connectivity index (χ4n) is 2.27. The van der Waals surface area contributed by atoms with Crippen molar-refractivity contribution in [2.75, 3.05) is 0 Å². The molecule has 3 nitrogen and oxygen atoms in total. The fourth-order valence-corrected chi connectivity index (χ4v) is 3.18. The van der Waals surface area contributed by atoms with Gasteiger partial charge in [0.15, 0.2) is 0 Å². The number of thiazole rings is 1. The molecule has 1 aliphatic carbocycles. The summed E-state index contributed by atoms with van der Waals surface area (Å²) in [4.78, 5) is 16.5. The van der Waals surface area contributed by atoms with E-state index in [1.807, 2.05) is 5.38 Å². The van der Waals surface area contributed by atoms with Crippen molar-refractivity contribution in [1.82, 2.24) is 10.3 Å². The number of rotatable bonds is 5. The molecule has 19 heavy (non-hydrogen) atoms. The van der Waals surface area contributed by atoms with Gasteiger partial charge in [-0.3, -0.25) is 4.79 Å². The lowest BCUT2D eigenvalue weighted by atomic mass is 9.98. The second-order valence-electron chi connectivity index (χ2n) is 6.53. The van der Waals surface area contributed by atoms with Crippen LogP contribution in [0.2, 0.25) is 0 Å². The zero-order chi connectivity index (χ0) is 14.0. The van der Waals surface area contributed by atoms with Gasteiger partial charge in [-0.15, -0.1) is 11.3 Å². The number of aromatic nitrogens is 1. The molecule has 1 fully saturated rings. The van der Waals surface area contributed by atoms with Crippen LogP contribution >= 0.6 is 11.3 Å². The van der Waals surface area contributed by atoms with Crippen LogP contribution in [0.1, 0.15) is 57.7 Å². The SMILES string of the molecule is CCC[C@H]1C[C@@H]1NC(=O)Cc1csc(C(C)(C)C)n1. The van der Waals surface area contributed by atoms with Gasteiger partial charge in [-0.1, -0.05) is 34.1 Å². The molecular weight excluding hydrogens is 256 g/mol. The minimum Gasteiger partial charge on any atom is -0.353 e. The number of hydrogen-bond donors (Lipinski definition) is 1. The molecule has 1 heterocycles. The van der Waals surface area contributed by atoms with Gasteiger partial charge in [0, 0.05) is 16.8 Å². The van der Waals surface area contributed by atoms with Crippen molar-refractivity contribution in [3.05, 3.63) is 16.1 Å². The van der Waals surface area contributed by atoms with Crippen molar-refractivity contribution >= 4 is 17.2 Å². The molecule has 0 spiro atoms. The first-order chi connectivity index (χ1) is 8.90. The van der Waals surface area contributed by atoms with E-state index in [4.69, 9.17) is 0 Å². The largest absolute Gasteiger partial charge is 0.353 e. The number of nitrogens with zero attached hydrogens (tertiary/aromatic N) is 1. The Balaban J connectivity index is 1.81. The molecule has 1 aromatic rings. The van der Waals surface area contributed by atoms with E-state index in [9.17, 15) is 4.79 Å². The maximum atomic E-state index is 11.9. The molecule has 0 bridgehead atoms. The molecule has 0 aliphatic heterocycles. The molecular formula is C15H24N2OS. The van der Waals surface area contributed by atoms with Gasteiger partial charge in [0.1, 0.15) is 0 Å². The summed E-state index contributed by atoms with van der Waals surface area (Å²) in [5, 5.41) is 6.22. The molecule has 106 valence electrons. The molecule has 4 heteroatoms. The third-order valence-electron chi connectivity index (χ3n) is 3.46. The Bertz CT molecular complexity index is 447.